The van der Waals surface area contributed by atoms with Crippen molar-refractivity contribution in [1.82, 2.24) is 14.5 Å². The number of aromatic nitrogens is 2. The Morgan fingerprint density at radius 1 is 1.53 bits per heavy atom. The van der Waals surface area contributed by atoms with Crippen LogP contribution in [-0.2, 0) is 0 Å². The minimum atomic E-state index is 0.598. The Kier molecular flexibility index (Phi) is 2.95. The summed E-state index contributed by atoms with van der Waals surface area (Å²) in [5, 5.41) is 3.14. The van der Waals surface area contributed by atoms with Crippen LogP contribution in [0.5, 0.6) is 0 Å². The Labute approximate surface area is 91.3 Å². The Balaban J connectivity index is 2.11. The Morgan fingerprint density at radius 3 is 3.00 bits per heavy atom. The second kappa shape index (κ2) is 4.23. The van der Waals surface area contributed by atoms with Crippen molar-refractivity contribution in [2.75, 3.05) is 26.0 Å². The van der Waals surface area contributed by atoms with Crippen LogP contribution in [-0.4, -0.2) is 41.1 Å². The Morgan fingerprint density at radius 2 is 2.33 bits per heavy atom. The van der Waals surface area contributed by atoms with E-state index >= 15 is 0 Å². The lowest BCUT2D eigenvalue weighted by Crippen LogP contribution is -2.38. The van der Waals surface area contributed by atoms with E-state index < -0.39 is 0 Å². The largest absolute Gasteiger partial charge is 0.359 e. The van der Waals surface area contributed by atoms with Gasteiger partial charge in [0.25, 0.3) is 0 Å². The van der Waals surface area contributed by atoms with E-state index in [1.807, 2.05) is 13.2 Å². The van der Waals surface area contributed by atoms with Crippen molar-refractivity contribution in [3.05, 3.63) is 12.4 Å². The number of piperidine rings is 1. The van der Waals surface area contributed by atoms with Gasteiger partial charge in [-0.15, -0.1) is 0 Å². The third-order valence-electron chi connectivity index (χ3n) is 3.47. The van der Waals surface area contributed by atoms with Gasteiger partial charge < -0.3 is 14.8 Å². The number of hydrogen-bond donors (Lipinski definition) is 1. The summed E-state index contributed by atoms with van der Waals surface area (Å²) in [5.74, 6) is 0.983. The van der Waals surface area contributed by atoms with Crippen molar-refractivity contribution in [3.63, 3.8) is 0 Å². The summed E-state index contributed by atoms with van der Waals surface area (Å²) in [5.41, 5.74) is 0. The van der Waals surface area contributed by atoms with Crippen LogP contribution in [0, 0.1) is 0 Å². The molecule has 0 saturated carbocycles. The van der Waals surface area contributed by atoms with Gasteiger partial charge in [0.15, 0.2) is 0 Å². The molecule has 1 aromatic rings. The number of imidazole rings is 1. The van der Waals surface area contributed by atoms with Crippen LogP contribution in [0.4, 0.5) is 5.95 Å². The summed E-state index contributed by atoms with van der Waals surface area (Å²) in [6.45, 7) is 3.47. The van der Waals surface area contributed by atoms with E-state index in [1.54, 1.807) is 0 Å². The molecular weight excluding hydrogens is 188 g/mol. The molecule has 0 amide bonds. The number of hydrogen-bond acceptors (Lipinski definition) is 3. The van der Waals surface area contributed by atoms with Crippen LogP contribution in [0.3, 0.4) is 0 Å². The summed E-state index contributed by atoms with van der Waals surface area (Å²) in [7, 11) is 4.13. The number of nitrogens with one attached hydrogen (secondary N) is 1. The molecule has 2 rings (SSSR count). The van der Waals surface area contributed by atoms with E-state index in [2.05, 4.69) is 39.9 Å². The van der Waals surface area contributed by atoms with Gasteiger partial charge in [-0.3, -0.25) is 0 Å². The van der Waals surface area contributed by atoms with Crippen molar-refractivity contribution >= 4 is 5.95 Å². The maximum atomic E-state index is 4.29. The van der Waals surface area contributed by atoms with Gasteiger partial charge in [0.2, 0.25) is 5.95 Å². The van der Waals surface area contributed by atoms with E-state index in [-0.39, 0.29) is 0 Å². The molecule has 1 saturated heterocycles. The summed E-state index contributed by atoms with van der Waals surface area (Å²) >= 11 is 0. The zero-order valence-corrected chi connectivity index (χ0v) is 9.77. The highest BCUT2D eigenvalue weighted by Crippen LogP contribution is 2.28. The highest BCUT2D eigenvalue weighted by atomic mass is 15.2. The van der Waals surface area contributed by atoms with Crippen molar-refractivity contribution in [2.24, 2.45) is 0 Å². The lowest BCUT2D eigenvalue weighted by atomic mass is 9.99. The zero-order valence-electron chi connectivity index (χ0n) is 9.77. The fourth-order valence-electron chi connectivity index (χ4n) is 2.32. The predicted octanol–water partition coefficient (Wildman–Crippen LogP) is 1.58. The molecule has 0 spiro atoms. The summed E-state index contributed by atoms with van der Waals surface area (Å²) in [6.07, 6.45) is 6.37. The van der Waals surface area contributed by atoms with Gasteiger partial charge in [-0.1, -0.05) is 0 Å². The summed E-state index contributed by atoms with van der Waals surface area (Å²) in [6, 6.07) is 1.26. The van der Waals surface area contributed by atoms with E-state index in [4.69, 9.17) is 0 Å². The molecule has 0 bridgehead atoms. The van der Waals surface area contributed by atoms with E-state index in [1.165, 1.54) is 19.4 Å². The van der Waals surface area contributed by atoms with Gasteiger partial charge in [-0.05, 0) is 26.8 Å². The topological polar surface area (TPSA) is 33.1 Å². The van der Waals surface area contributed by atoms with Crippen molar-refractivity contribution in [2.45, 2.75) is 31.8 Å². The van der Waals surface area contributed by atoms with Crippen LogP contribution in [0.15, 0.2) is 12.4 Å². The lowest BCUT2D eigenvalue weighted by Gasteiger charge is -2.36. The third-order valence-corrected chi connectivity index (χ3v) is 3.47. The molecule has 2 atom stereocenters. The van der Waals surface area contributed by atoms with Gasteiger partial charge in [0.05, 0.1) is 0 Å². The van der Waals surface area contributed by atoms with Crippen LogP contribution < -0.4 is 5.32 Å². The molecule has 2 unspecified atom stereocenters. The molecule has 0 aromatic carbocycles. The minimum Gasteiger partial charge on any atom is -0.359 e. The molecule has 0 radical (unpaired) electrons. The van der Waals surface area contributed by atoms with Gasteiger partial charge in [-0.25, -0.2) is 4.98 Å². The van der Waals surface area contributed by atoms with Crippen LogP contribution in [0.2, 0.25) is 0 Å². The number of anilines is 1. The monoisotopic (exact) mass is 208 g/mol. The Bertz CT molecular complexity index is 320. The first-order chi connectivity index (χ1) is 7.22. The Hall–Kier alpha value is -1.03. The third kappa shape index (κ3) is 2.00. The summed E-state index contributed by atoms with van der Waals surface area (Å²) in [4.78, 5) is 6.72. The summed E-state index contributed by atoms with van der Waals surface area (Å²) < 4.78 is 2.27. The molecule has 0 aliphatic carbocycles. The van der Waals surface area contributed by atoms with Gasteiger partial charge in [-0.2, -0.15) is 0 Å². The number of likely N-dealkylation sites (tertiary alicyclic amines) is 1. The fourth-order valence-corrected chi connectivity index (χ4v) is 2.32. The van der Waals surface area contributed by atoms with Crippen LogP contribution >= 0.6 is 0 Å². The molecule has 15 heavy (non-hydrogen) atoms. The van der Waals surface area contributed by atoms with Crippen molar-refractivity contribution < 1.29 is 0 Å². The average Bonchev–Trinajstić information content (AvgIpc) is 2.70. The van der Waals surface area contributed by atoms with Crippen LogP contribution in [0.1, 0.15) is 25.8 Å². The van der Waals surface area contributed by atoms with Crippen molar-refractivity contribution in [1.29, 1.82) is 0 Å². The van der Waals surface area contributed by atoms with E-state index in [0.29, 0.717) is 12.1 Å². The highest BCUT2D eigenvalue weighted by Gasteiger charge is 2.24. The zero-order chi connectivity index (χ0) is 10.8. The van der Waals surface area contributed by atoms with Crippen LogP contribution in [0.25, 0.3) is 0 Å². The van der Waals surface area contributed by atoms with Gasteiger partial charge in [0, 0.05) is 38.1 Å². The van der Waals surface area contributed by atoms with Crippen molar-refractivity contribution in [3.8, 4) is 0 Å². The molecule has 1 aliphatic rings. The average molecular weight is 208 g/mol. The molecule has 1 N–H and O–H groups in total. The molecule has 1 fully saturated rings. The van der Waals surface area contributed by atoms with E-state index in [0.717, 1.165) is 5.95 Å². The number of nitrogens with zero attached hydrogens (tertiary/aromatic N) is 3. The molecule has 4 heteroatoms. The number of rotatable bonds is 2. The normalized spacial score (nSPS) is 27.9. The first-order valence-corrected chi connectivity index (χ1v) is 5.63. The maximum absolute atomic E-state index is 4.29. The second-order valence-corrected chi connectivity index (χ2v) is 4.42. The SMILES string of the molecule is CNc1nccn1C1CCN(C)C(C)C1. The van der Waals surface area contributed by atoms with Gasteiger partial charge in [0.1, 0.15) is 0 Å². The smallest absolute Gasteiger partial charge is 0.202 e. The fraction of sp³-hybridized carbons (Fsp3) is 0.727. The first kappa shape index (κ1) is 10.5. The maximum Gasteiger partial charge on any atom is 0.202 e. The van der Waals surface area contributed by atoms with Gasteiger partial charge >= 0.3 is 0 Å². The first-order valence-electron chi connectivity index (χ1n) is 5.63. The quantitative estimate of drug-likeness (QED) is 0.801. The molecular formula is C11H20N4. The molecule has 4 nitrogen and oxygen atoms in total. The second-order valence-electron chi connectivity index (χ2n) is 4.42. The molecule has 1 aliphatic heterocycles. The standard InChI is InChI=1S/C11H20N4/c1-9-8-10(4-6-14(9)3)15-7-5-13-11(15)12-2/h5,7,9-10H,4,6,8H2,1-3H3,(H,12,13). The highest BCUT2D eigenvalue weighted by molar-refractivity contribution is 5.25. The lowest BCUT2D eigenvalue weighted by molar-refractivity contribution is 0.157. The molecule has 84 valence electrons. The molecule has 1 aromatic heterocycles. The van der Waals surface area contributed by atoms with E-state index in [9.17, 15) is 0 Å². The molecule has 2 heterocycles. The predicted molar refractivity (Wildman–Crippen MR) is 62.1 cm³/mol. The minimum absolute atomic E-state index is 0.598.